The molecule has 1 aromatic carbocycles. The Morgan fingerprint density at radius 3 is 2.57 bits per heavy atom. The Kier molecular flexibility index (Phi) is 6.34. The number of ether oxygens (including phenoxy) is 1. The standard InChI is InChI=1S/C15H26N2O3S/c1-6-16-12(2)13-8-7-9-14(10-13)21(18,19)17-15(3,4)11-20-5/h7-10,12,16-17H,6,11H2,1-5H3. The van der Waals surface area contributed by atoms with Crippen LogP contribution >= 0.6 is 0 Å². The molecule has 1 rings (SSSR count). The summed E-state index contributed by atoms with van der Waals surface area (Å²) in [6.45, 7) is 8.75. The molecule has 21 heavy (non-hydrogen) atoms. The minimum Gasteiger partial charge on any atom is -0.383 e. The molecule has 0 aliphatic carbocycles. The summed E-state index contributed by atoms with van der Waals surface area (Å²) in [6.07, 6.45) is 0. The largest absolute Gasteiger partial charge is 0.383 e. The molecule has 0 amide bonds. The Morgan fingerprint density at radius 2 is 2.00 bits per heavy atom. The van der Waals surface area contributed by atoms with Gasteiger partial charge in [-0.3, -0.25) is 0 Å². The summed E-state index contributed by atoms with van der Waals surface area (Å²) < 4.78 is 32.7. The molecule has 5 nitrogen and oxygen atoms in total. The highest BCUT2D eigenvalue weighted by molar-refractivity contribution is 7.89. The molecule has 0 radical (unpaired) electrons. The van der Waals surface area contributed by atoms with Crippen LogP contribution in [0, 0.1) is 0 Å². The van der Waals surface area contributed by atoms with Gasteiger partial charge in [0.05, 0.1) is 17.0 Å². The Morgan fingerprint density at radius 1 is 1.33 bits per heavy atom. The predicted octanol–water partition coefficient (Wildman–Crippen LogP) is 2.06. The maximum absolute atomic E-state index is 12.5. The van der Waals surface area contributed by atoms with Gasteiger partial charge in [-0.25, -0.2) is 13.1 Å². The van der Waals surface area contributed by atoms with E-state index in [1.54, 1.807) is 39.2 Å². The molecule has 0 aliphatic rings. The van der Waals surface area contributed by atoms with Gasteiger partial charge in [0.2, 0.25) is 10.0 Å². The molecule has 0 saturated carbocycles. The van der Waals surface area contributed by atoms with Crippen molar-refractivity contribution in [1.29, 1.82) is 0 Å². The first kappa shape index (κ1) is 18.1. The van der Waals surface area contributed by atoms with E-state index in [-0.39, 0.29) is 10.9 Å². The monoisotopic (exact) mass is 314 g/mol. The quantitative estimate of drug-likeness (QED) is 0.771. The second-order valence-electron chi connectivity index (χ2n) is 5.77. The maximum Gasteiger partial charge on any atom is 0.241 e. The average Bonchev–Trinajstić information content (AvgIpc) is 2.37. The van der Waals surface area contributed by atoms with E-state index in [1.165, 1.54) is 0 Å². The van der Waals surface area contributed by atoms with Crippen LogP contribution in [0.5, 0.6) is 0 Å². The Labute approximate surface area is 128 Å². The van der Waals surface area contributed by atoms with Crippen LogP contribution in [0.1, 0.15) is 39.3 Å². The number of sulfonamides is 1. The zero-order valence-electron chi connectivity index (χ0n) is 13.4. The predicted molar refractivity (Wildman–Crippen MR) is 84.8 cm³/mol. The Hall–Kier alpha value is -0.950. The van der Waals surface area contributed by atoms with Crippen molar-refractivity contribution in [1.82, 2.24) is 10.0 Å². The number of methoxy groups -OCH3 is 1. The fraction of sp³-hybridized carbons (Fsp3) is 0.600. The molecular formula is C15H26N2O3S. The Balaban J connectivity index is 3.01. The molecule has 0 spiro atoms. The zero-order valence-corrected chi connectivity index (χ0v) is 14.3. The zero-order chi connectivity index (χ0) is 16.1. The highest BCUT2D eigenvalue weighted by Crippen LogP contribution is 2.19. The summed E-state index contributed by atoms with van der Waals surface area (Å²) in [4.78, 5) is 0.272. The molecule has 1 atom stereocenters. The van der Waals surface area contributed by atoms with Crippen molar-refractivity contribution in [3.05, 3.63) is 29.8 Å². The second-order valence-corrected chi connectivity index (χ2v) is 7.46. The normalized spacial score (nSPS) is 14.1. The van der Waals surface area contributed by atoms with Crippen molar-refractivity contribution in [2.75, 3.05) is 20.3 Å². The summed E-state index contributed by atoms with van der Waals surface area (Å²) in [7, 11) is -2.02. The van der Waals surface area contributed by atoms with E-state index < -0.39 is 15.6 Å². The Bertz CT molecular complexity index is 556. The molecule has 0 aliphatic heterocycles. The molecule has 1 unspecified atom stereocenters. The van der Waals surface area contributed by atoms with Crippen LogP contribution in [0.25, 0.3) is 0 Å². The van der Waals surface area contributed by atoms with Gasteiger partial charge in [0.15, 0.2) is 0 Å². The molecule has 0 bridgehead atoms. The van der Waals surface area contributed by atoms with Crippen LogP contribution in [-0.4, -0.2) is 34.2 Å². The van der Waals surface area contributed by atoms with Crippen LogP contribution in [-0.2, 0) is 14.8 Å². The number of nitrogens with one attached hydrogen (secondary N) is 2. The molecule has 0 saturated heterocycles. The van der Waals surface area contributed by atoms with Gasteiger partial charge < -0.3 is 10.1 Å². The van der Waals surface area contributed by atoms with Gasteiger partial charge in [-0.15, -0.1) is 0 Å². The smallest absolute Gasteiger partial charge is 0.241 e. The molecule has 1 aromatic rings. The van der Waals surface area contributed by atoms with Crippen LogP contribution in [0.3, 0.4) is 0 Å². The van der Waals surface area contributed by atoms with Crippen LogP contribution in [0.2, 0.25) is 0 Å². The maximum atomic E-state index is 12.5. The SMILES string of the molecule is CCNC(C)c1cccc(S(=O)(=O)NC(C)(C)COC)c1. The van der Waals surface area contributed by atoms with Gasteiger partial charge in [0, 0.05) is 13.2 Å². The second kappa shape index (κ2) is 7.35. The van der Waals surface area contributed by atoms with Gasteiger partial charge >= 0.3 is 0 Å². The van der Waals surface area contributed by atoms with Gasteiger partial charge in [-0.2, -0.15) is 0 Å². The number of rotatable bonds is 8. The van der Waals surface area contributed by atoms with Gasteiger partial charge in [0.25, 0.3) is 0 Å². The van der Waals surface area contributed by atoms with E-state index in [0.29, 0.717) is 6.61 Å². The lowest BCUT2D eigenvalue weighted by atomic mass is 10.1. The third-order valence-corrected chi connectivity index (χ3v) is 4.79. The molecule has 0 aromatic heterocycles. The molecule has 0 fully saturated rings. The van der Waals surface area contributed by atoms with E-state index in [9.17, 15) is 8.42 Å². The first-order chi connectivity index (χ1) is 9.72. The lowest BCUT2D eigenvalue weighted by Gasteiger charge is -2.25. The van der Waals surface area contributed by atoms with Gasteiger partial charge in [-0.1, -0.05) is 19.1 Å². The average molecular weight is 314 g/mol. The summed E-state index contributed by atoms with van der Waals surface area (Å²) in [6, 6.07) is 7.11. The summed E-state index contributed by atoms with van der Waals surface area (Å²) in [5.74, 6) is 0. The number of hydrogen-bond donors (Lipinski definition) is 2. The minimum absolute atomic E-state index is 0.108. The van der Waals surface area contributed by atoms with E-state index >= 15 is 0 Å². The summed E-state index contributed by atoms with van der Waals surface area (Å²) in [5, 5.41) is 3.27. The topological polar surface area (TPSA) is 67.4 Å². The third kappa shape index (κ3) is 5.39. The highest BCUT2D eigenvalue weighted by Gasteiger charge is 2.26. The van der Waals surface area contributed by atoms with E-state index in [0.717, 1.165) is 12.1 Å². The minimum atomic E-state index is -3.57. The van der Waals surface area contributed by atoms with Crippen molar-refractivity contribution in [2.45, 2.75) is 44.2 Å². The first-order valence-corrected chi connectivity index (χ1v) is 8.56. The van der Waals surface area contributed by atoms with Crippen molar-refractivity contribution in [3.63, 3.8) is 0 Å². The molecular weight excluding hydrogens is 288 g/mol. The van der Waals surface area contributed by atoms with E-state index in [4.69, 9.17) is 4.74 Å². The van der Waals surface area contributed by atoms with Crippen LogP contribution in [0.4, 0.5) is 0 Å². The van der Waals surface area contributed by atoms with Crippen molar-refractivity contribution in [3.8, 4) is 0 Å². The van der Waals surface area contributed by atoms with Crippen molar-refractivity contribution >= 4 is 10.0 Å². The molecule has 0 heterocycles. The van der Waals surface area contributed by atoms with Gasteiger partial charge in [-0.05, 0) is 45.0 Å². The van der Waals surface area contributed by atoms with E-state index in [1.807, 2.05) is 19.9 Å². The van der Waals surface area contributed by atoms with Crippen LogP contribution in [0.15, 0.2) is 29.2 Å². The fourth-order valence-corrected chi connectivity index (χ4v) is 3.64. The van der Waals surface area contributed by atoms with E-state index in [2.05, 4.69) is 10.0 Å². The number of benzene rings is 1. The lowest BCUT2D eigenvalue weighted by Crippen LogP contribution is -2.46. The molecule has 120 valence electrons. The fourth-order valence-electron chi connectivity index (χ4n) is 2.19. The third-order valence-electron chi connectivity index (χ3n) is 3.09. The molecule has 6 heteroatoms. The van der Waals surface area contributed by atoms with Crippen molar-refractivity contribution < 1.29 is 13.2 Å². The van der Waals surface area contributed by atoms with Gasteiger partial charge in [0.1, 0.15) is 0 Å². The van der Waals surface area contributed by atoms with Crippen molar-refractivity contribution in [2.24, 2.45) is 0 Å². The van der Waals surface area contributed by atoms with Crippen LogP contribution < -0.4 is 10.0 Å². The summed E-state index contributed by atoms with van der Waals surface area (Å²) in [5.41, 5.74) is 0.293. The lowest BCUT2D eigenvalue weighted by molar-refractivity contribution is 0.141. The summed E-state index contributed by atoms with van der Waals surface area (Å²) >= 11 is 0. The molecule has 2 N–H and O–H groups in total. The number of hydrogen-bond acceptors (Lipinski definition) is 4. The first-order valence-electron chi connectivity index (χ1n) is 7.08. The highest BCUT2D eigenvalue weighted by atomic mass is 32.2.